The zero-order valence-corrected chi connectivity index (χ0v) is 17.7. The fourth-order valence-electron chi connectivity index (χ4n) is 3.66. The molecule has 1 aliphatic heterocycles. The highest BCUT2D eigenvalue weighted by atomic mass is 16.5. The molecule has 0 amide bonds. The van der Waals surface area contributed by atoms with Crippen LogP contribution < -0.4 is 4.74 Å². The number of carbonyl (C=O) groups excluding carboxylic acids is 1. The van der Waals surface area contributed by atoms with Crippen LogP contribution in [-0.2, 0) is 23.1 Å². The Hall–Kier alpha value is -3.98. The lowest BCUT2D eigenvalue weighted by molar-refractivity contribution is 0.0600. The highest BCUT2D eigenvalue weighted by Crippen LogP contribution is 2.28. The summed E-state index contributed by atoms with van der Waals surface area (Å²) in [7, 11) is 3.24. The molecule has 0 spiro atoms. The molecule has 0 saturated carbocycles. The molecular weight excluding hydrogens is 410 g/mol. The van der Waals surface area contributed by atoms with Gasteiger partial charge in [-0.15, -0.1) is 0 Å². The lowest BCUT2D eigenvalue weighted by atomic mass is 10.1. The van der Waals surface area contributed by atoms with Crippen LogP contribution in [0.15, 0.2) is 36.7 Å². The third-order valence-corrected chi connectivity index (χ3v) is 5.39. The first kappa shape index (κ1) is 20.0. The van der Waals surface area contributed by atoms with E-state index in [0.29, 0.717) is 31.1 Å². The number of nitrogens with one attached hydrogen (secondary N) is 1. The first-order valence-corrected chi connectivity index (χ1v) is 10.1. The van der Waals surface area contributed by atoms with Crippen molar-refractivity contribution < 1.29 is 19.0 Å². The van der Waals surface area contributed by atoms with Gasteiger partial charge in [0.05, 0.1) is 60.9 Å². The standard InChI is InChI=1S/C23H21N5O4/c1-28-21-13-31-7-8-32-22-6-4-15(23(29)30-2)9-14(22)3-5-18-16-10-19(17(21)11-25-28)24-12-20(16)27-26-18/h3-6,9-12H,7-8,13H2,1-2H3,(H,26,27)/b5-3+. The second-order valence-electron chi connectivity index (χ2n) is 7.33. The number of pyridine rings is 1. The van der Waals surface area contributed by atoms with Crippen LogP contribution in [-0.4, -0.2) is 51.3 Å². The van der Waals surface area contributed by atoms with Crippen molar-refractivity contribution in [3.05, 3.63) is 59.2 Å². The number of methoxy groups -OCH3 is 1. The lowest BCUT2D eigenvalue weighted by Gasteiger charge is -2.11. The normalized spacial score (nSPS) is 14.7. The van der Waals surface area contributed by atoms with Crippen molar-refractivity contribution in [2.75, 3.05) is 20.3 Å². The number of esters is 1. The number of H-pyrrole nitrogens is 1. The number of nitrogens with zero attached hydrogens (tertiary/aromatic N) is 4. The van der Waals surface area contributed by atoms with Crippen LogP contribution in [0.5, 0.6) is 5.75 Å². The van der Waals surface area contributed by atoms with Crippen LogP contribution in [0.4, 0.5) is 0 Å². The number of hydrogen-bond acceptors (Lipinski definition) is 7. The maximum atomic E-state index is 12.0. The Labute approximate surface area is 183 Å². The van der Waals surface area contributed by atoms with Crippen molar-refractivity contribution in [1.29, 1.82) is 0 Å². The summed E-state index contributed by atoms with van der Waals surface area (Å²) in [6.07, 6.45) is 7.30. The number of benzene rings is 1. The molecule has 9 nitrogen and oxygen atoms in total. The summed E-state index contributed by atoms with van der Waals surface area (Å²) < 4.78 is 18.4. The molecule has 4 aromatic rings. The fourth-order valence-corrected chi connectivity index (χ4v) is 3.66. The molecule has 0 unspecified atom stereocenters. The fraction of sp³-hybridized carbons (Fsp3) is 0.217. The molecule has 32 heavy (non-hydrogen) atoms. The van der Waals surface area contributed by atoms with Crippen LogP contribution >= 0.6 is 0 Å². The van der Waals surface area contributed by atoms with Crippen molar-refractivity contribution >= 4 is 29.0 Å². The van der Waals surface area contributed by atoms with E-state index in [9.17, 15) is 4.79 Å². The van der Waals surface area contributed by atoms with E-state index in [-0.39, 0.29) is 0 Å². The summed E-state index contributed by atoms with van der Waals surface area (Å²) in [6.45, 7) is 1.12. The average Bonchev–Trinajstić information content (AvgIpc) is 3.39. The largest absolute Gasteiger partial charge is 0.491 e. The Kier molecular flexibility index (Phi) is 5.16. The monoisotopic (exact) mass is 431 g/mol. The molecule has 1 aliphatic rings. The van der Waals surface area contributed by atoms with E-state index in [2.05, 4.69) is 20.3 Å². The minimum atomic E-state index is -0.410. The van der Waals surface area contributed by atoms with Crippen molar-refractivity contribution in [1.82, 2.24) is 25.0 Å². The first-order valence-electron chi connectivity index (χ1n) is 10.1. The summed E-state index contributed by atoms with van der Waals surface area (Å²) in [6, 6.07) is 7.16. The first-order chi connectivity index (χ1) is 15.6. The molecule has 5 rings (SSSR count). The Morgan fingerprint density at radius 3 is 2.97 bits per heavy atom. The van der Waals surface area contributed by atoms with Crippen LogP contribution in [0, 0.1) is 0 Å². The van der Waals surface area contributed by atoms with Crippen LogP contribution in [0.2, 0.25) is 0 Å². The minimum Gasteiger partial charge on any atom is -0.491 e. The Bertz CT molecular complexity index is 1340. The predicted molar refractivity (Wildman–Crippen MR) is 118 cm³/mol. The van der Waals surface area contributed by atoms with Crippen molar-refractivity contribution in [2.24, 2.45) is 7.05 Å². The van der Waals surface area contributed by atoms with Crippen LogP contribution in [0.25, 0.3) is 34.3 Å². The van der Waals surface area contributed by atoms with Crippen molar-refractivity contribution in [3.8, 4) is 17.0 Å². The summed E-state index contributed by atoms with van der Waals surface area (Å²) in [5.41, 5.74) is 5.37. The number of aromatic amines is 1. The highest BCUT2D eigenvalue weighted by Gasteiger charge is 2.15. The number of hydrogen-bond donors (Lipinski definition) is 1. The van der Waals surface area contributed by atoms with Gasteiger partial charge in [-0.2, -0.15) is 10.2 Å². The Morgan fingerprint density at radius 2 is 2.09 bits per heavy atom. The van der Waals surface area contributed by atoms with Gasteiger partial charge in [0, 0.05) is 23.6 Å². The number of ether oxygens (including phenoxy) is 3. The summed E-state index contributed by atoms with van der Waals surface area (Å²) >= 11 is 0. The van der Waals surface area contributed by atoms with Crippen molar-refractivity contribution in [3.63, 3.8) is 0 Å². The zero-order valence-electron chi connectivity index (χ0n) is 17.7. The Balaban J connectivity index is 1.63. The Morgan fingerprint density at radius 1 is 1.19 bits per heavy atom. The zero-order chi connectivity index (χ0) is 22.1. The second-order valence-corrected chi connectivity index (χ2v) is 7.33. The van der Waals surface area contributed by atoms with Gasteiger partial charge in [-0.25, -0.2) is 4.79 Å². The molecule has 3 aromatic heterocycles. The number of carbonyl (C=O) groups is 1. The molecule has 1 N–H and O–H groups in total. The van der Waals surface area contributed by atoms with Gasteiger partial charge in [-0.3, -0.25) is 14.8 Å². The number of aromatic nitrogens is 5. The van der Waals surface area contributed by atoms with Crippen molar-refractivity contribution in [2.45, 2.75) is 6.61 Å². The van der Waals surface area contributed by atoms with Crippen LogP contribution in [0.3, 0.4) is 0 Å². The van der Waals surface area contributed by atoms with E-state index in [1.807, 2.05) is 25.3 Å². The molecular formula is C23H21N5O4. The molecule has 162 valence electrons. The van der Waals surface area contributed by atoms with Gasteiger partial charge in [0.2, 0.25) is 0 Å². The van der Waals surface area contributed by atoms with Gasteiger partial charge in [-0.1, -0.05) is 0 Å². The molecule has 2 bridgehead atoms. The summed E-state index contributed by atoms with van der Waals surface area (Å²) in [4.78, 5) is 16.6. The molecule has 0 saturated heterocycles. The number of rotatable bonds is 1. The third kappa shape index (κ3) is 3.63. The second kappa shape index (κ2) is 8.27. The average molecular weight is 431 g/mol. The molecule has 0 radical (unpaired) electrons. The summed E-state index contributed by atoms with van der Waals surface area (Å²) in [5.74, 6) is 0.225. The minimum absolute atomic E-state index is 0.351. The van der Waals surface area contributed by atoms with Gasteiger partial charge in [0.15, 0.2) is 0 Å². The molecule has 4 heterocycles. The van der Waals surface area contributed by atoms with Gasteiger partial charge >= 0.3 is 5.97 Å². The van der Waals surface area contributed by atoms with Crippen LogP contribution in [0.1, 0.15) is 27.3 Å². The van der Waals surface area contributed by atoms with E-state index in [0.717, 1.165) is 39.1 Å². The maximum absolute atomic E-state index is 12.0. The predicted octanol–water partition coefficient (Wildman–Crippen LogP) is 3.22. The van der Waals surface area contributed by atoms with Gasteiger partial charge in [0.1, 0.15) is 12.4 Å². The van der Waals surface area contributed by atoms with Gasteiger partial charge in [0.25, 0.3) is 0 Å². The number of aryl methyl sites for hydroxylation is 1. The van der Waals surface area contributed by atoms with E-state index in [1.165, 1.54) is 7.11 Å². The van der Waals surface area contributed by atoms with E-state index < -0.39 is 5.97 Å². The van der Waals surface area contributed by atoms with Gasteiger partial charge in [-0.05, 0) is 36.4 Å². The molecule has 0 aliphatic carbocycles. The molecule has 0 fully saturated rings. The maximum Gasteiger partial charge on any atom is 0.337 e. The summed E-state index contributed by atoms with van der Waals surface area (Å²) in [5, 5.41) is 12.7. The van der Waals surface area contributed by atoms with E-state index >= 15 is 0 Å². The quantitative estimate of drug-likeness (QED) is 0.462. The molecule has 9 heteroatoms. The SMILES string of the molecule is COC(=O)c1ccc2c(c1)/C=C/c1n[nH]c3cnc(cc13)-c1cnn(C)c1COCCO2. The number of fused-ring (bicyclic) bond motifs is 4. The highest BCUT2D eigenvalue weighted by molar-refractivity contribution is 5.93. The lowest BCUT2D eigenvalue weighted by Crippen LogP contribution is -2.10. The van der Waals surface area contributed by atoms with E-state index in [1.54, 1.807) is 35.3 Å². The smallest absolute Gasteiger partial charge is 0.337 e. The topological polar surface area (TPSA) is 104 Å². The van der Waals surface area contributed by atoms with E-state index in [4.69, 9.17) is 14.2 Å². The molecule has 0 atom stereocenters. The van der Waals surface area contributed by atoms with Gasteiger partial charge < -0.3 is 14.2 Å². The third-order valence-electron chi connectivity index (χ3n) is 5.39. The molecule has 1 aromatic carbocycles.